The molecular weight excluding hydrogens is 212 g/mol. The van der Waals surface area contributed by atoms with Crippen LogP contribution in [0.2, 0.25) is 0 Å². The Bertz CT molecular complexity index is 239. The van der Waals surface area contributed by atoms with E-state index in [0.29, 0.717) is 32.0 Å². The van der Waals surface area contributed by atoms with Crippen molar-refractivity contribution in [3.05, 3.63) is 25.3 Å². The van der Waals surface area contributed by atoms with Crippen LogP contribution in [0, 0.1) is 11.8 Å². The van der Waals surface area contributed by atoms with Gasteiger partial charge < -0.3 is 10.6 Å². The second kappa shape index (κ2) is 8.99. The molecule has 0 aromatic heterocycles. The predicted molar refractivity (Wildman–Crippen MR) is 73.6 cm³/mol. The zero-order chi connectivity index (χ0) is 13.3. The van der Waals surface area contributed by atoms with Crippen molar-refractivity contribution in [2.45, 2.75) is 26.7 Å². The lowest BCUT2D eigenvalue weighted by Gasteiger charge is -2.23. The van der Waals surface area contributed by atoms with E-state index in [4.69, 9.17) is 5.73 Å². The summed E-state index contributed by atoms with van der Waals surface area (Å²) in [6.45, 7) is 13.3. The van der Waals surface area contributed by atoms with Gasteiger partial charge in [-0.2, -0.15) is 0 Å². The highest BCUT2D eigenvalue weighted by Gasteiger charge is 2.17. The molecule has 0 bridgehead atoms. The first-order chi connectivity index (χ1) is 8.04. The summed E-state index contributed by atoms with van der Waals surface area (Å²) < 4.78 is 0. The Balaban J connectivity index is 4.33. The van der Waals surface area contributed by atoms with E-state index in [1.165, 1.54) is 0 Å². The van der Waals surface area contributed by atoms with Crippen molar-refractivity contribution in [1.29, 1.82) is 0 Å². The smallest absolute Gasteiger partial charge is 0.223 e. The van der Waals surface area contributed by atoms with Gasteiger partial charge in [-0.1, -0.05) is 26.0 Å². The maximum absolute atomic E-state index is 12.0. The SMILES string of the molecule is C=CCN(CC=C)C(=O)C[C@@H](CN)CC(C)C. The molecule has 98 valence electrons. The summed E-state index contributed by atoms with van der Waals surface area (Å²) in [4.78, 5) is 13.8. The van der Waals surface area contributed by atoms with E-state index in [1.54, 1.807) is 17.1 Å². The van der Waals surface area contributed by atoms with Gasteiger partial charge in [-0.05, 0) is 24.8 Å². The average molecular weight is 238 g/mol. The van der Waals surface area contributed by atoms with Crippen LogP contribution >= 0.6 is 0 Å². The average Bonchev–Trinajstić information content (AvgIpc) is 2.27. The summed E-state index contributed by atoms with van der Waals surface area (Å²) in [7, 11) is 0. The van der Waals surface area contributed by atoms with Crippen LogP contribution in [0.4, 0.5) is 0 Å². The van der Waals surface area contributed by atoms with Gasteiger partial charge in [0, 0.05) is 19.5 Å². The van der Waals surface area contributed by atoms with Crippen molar-refractivity contribution in [3.63, 3.8) is 0 Å². The van der Waals surface area contributed by atoms with Crippen molar-refractivity contribution in [2.24, 2.45) is 17.6 Å². The fourth-order valence-electron chi connectivity index (χ4n) is 1.90. The molecule has 17 heavy (non-hydrogen) atoms. The number of rotatable bonds is 9. The van der Waals surface area contributed by atoms with Crippen molar-refractivity contribution in [2.75, 3.05) is 19.6 Å². The quantitative estimate of drug-likeness (QED) is 0.626. The standard InChI is InChI=1S/C14H26N2O/c1-5-7-16(8-6-2)14(17)10-13(11-15)9-12(3)4/h5-6,12-13H,1-2,7-11,15H2,3-4H3/t13-/m0/s1. The molecule has 0 saturated heterocycles. The van der Waals surface area contributed by atoms with Gasteiger partial charge in [0.1, 0.15) is 0 Å². The third-order valence-corrected chi connectivity index (χ3v) is 2.65. The topological polar surface area (TPSA) is 46.3 Å². The van der Waals surface area contributed by atoms with Crippen LogP contribution in [-0.4, -0.2) is 30.4 Å². The Kier molecular flexibility index (Phi) is 8.42. The minimum absolute atomic E-state index is 0.140. The fraction of sp³-hybridized carbons (Fsp3) is 0.643. The third-order valence-electron chi connectivity index (χ3n) is 2.65. The molecule has 0 unspecified atom stereocenters. The Morgan fingerprint density at radius 3 is 2.18 bits per heavy atom. The van der Waals surface area contributed by atoms with Crippen LogP contribution in [0.3, 0.4) is 0 Å². The van der Waals surface area contributed by atoms with E-state index in [0.717, 1.165) is 6.42 Å². The highest BCUT2D eigenvalue weighted by atomic mass is 16.2. The van der Waals surface area contributed by atoms with E-state index in [1.807, 2.05) is 0 Å². The second-order valence-electron chi connectivity index (χ2n) is 4.81. The number of carbonyl (C=O) groups excluding carboxylic acids is 1. The Morgan fingerprint density at radius 1 is 1.29 bits per heavy atom. The van der Waals surface area contributed by atoms with Crippen molar-refractivity contribution in [3.8, 4) is 0 Å². The molecule has 0 rings (SSSR count). The van der Waals surface area contributed by atoms with Crippen molar-refractivity contribution in [1.82, 2.24) is 4.90 Å². The van der Waals surface area contributed by atoms with Gasteiger partial charge >= 0.3 is 0 Å². The van der Waals surface area contributed by atoms with E-state index in [9.17, 15) is 4.79 Å². The predicted octanol–water partition coefficient (Wildman–Crippen LogP) is 2.20. The largest absolute Gasteiger partial charge is 0.335 e. The number of hydrogen-bond donors (Lipinski definition) is 1. The molecular formula is C14H26N2O. The molecule has 2 N–H and O–H groups in total. The lowest BCUT2D eigenvalue weighted by atomic mass is 9.94. The highest BCUT2D eigenvalue weighted by Crippen LogP contribution is 2.15. The molecule has 0 heterocycles. The second-order valence-corrected chi connectivity index (χ2v) is 4.81. The monoisotopic (exact) mass is 238 g/mol. The molecule has 0 aliphatic carbocycles. The molecule has 3 nitrogen and oxygen atoms in total. The van der Waals surface area contributed by atoms with Crippen molar-refractivity contribution < 1.29 is 4.79 Å². The van der Waals surface area contributed by atoms with E-state index in [2.05, 4.69) is 27.0 Å². The van der Waals surface area contributed by atoms with Gasteiger partial charge in [0.25, 0.3) is 0 Å². The van der Waals surface area contributed by atoms with Crippen LogP contribution in [0.5, 0.6) is 0 Å². The Morgan fingerprint density at radius 2 is 1.82 bits per heavy atom. The summed E-state index contributed by atoms with van der Waals surface area (Å²) in [6.07, 6.45) is 5.00. The third kappa shape index (κ3) is 6.95. The molecule has 1 atom stereocenters. The first-order valence-corrected chi connectivity index (χ1v) is 6.24. The molecule has 0 aromatic rings. The molecule has 1 amide bonds. The first-order valence-electron chi connectivity index (χ1n) is 6.24. The maximum atomic E-state index is 12.0. The van der Waals surface area contributed by atoms with Crippen LogP contribution in [0.15, 0.2) is 25.3 Å². The molecule has 0 aliphatic heterocycles. The zero-order valence-corrected chi connectivity index (χ0v) is 11.2. The van der Waals surface area contributed by atoms with Gasteiger partial charge in [0.2, 0.25) is 5.91 Å². The van der Waals surface area contributed by atoms with Gasteiger partial charge in [-0.15, -0.1) is 13.2 Å². The van der Waals surface area contributed by atoms with Gasteiger partial charge in [-0.3, -0.25) is 4.79 Å². The van der Waals surface area contributed by atoms with Crippen LogP contribution in [0.1, 0.15) is 26.7 Å². The summed E-state index contributed by atoms with van der Waals surface area (Å²) in [5.41, 5.74) is 5.71. The number of nitrogens with two attached hydrogens (primary N) is 1. The van der Waals surface area contributed by atoms with Gasteiger partial charge in [0.15, 0.2) is 0 Å². The van der Waals surface area contributed by atoms with E-state index >= 15 is 0 Å². The van der Waals surface area contributed by atoms with E-state index in [-0.39, 0.29) is 11.8 Å². The maximum Gasteiger partial charge on any atom is 0.223 e. The minimum Gasteiger partial charge on any atom is -0.335 e. The summed E-state index contributed by atoms with van der Waals surface area (Å²) in [5, 5.41) is 0. The fourth-order valence-corrected chi connectivity index (χ4v) is 1.90. The lowest BCUT2D eigenvalue weighted by molar-refractivity contribution is -0.131. The highest BCUT2D eigenvalue weighted by molar-refractivity contribution is 5.76. The number of hydrogen-bond acceptors (Lipinski definition) is 2. The minimum atomic E-state index is 0.140. The number of nitrogens with zero attached hydrogens (tertiary/aromatic N) is 1. The molecule has 0 saturated carbocycles. The van der Waals surface area contributed by atoms with Crippen LogP contribution in [-0.2, 0) is 4.79 Å². The van der Waals surface area contributed by atoms with Gasteiger partial charge in [0.05, 0.1) is 0 Å². The molecule has 0 radical (unpaired) electrons. The lowest BCUT2D eigenvalue weighted by Crippen LogP contribution is -2.34. The summed E-state index contributed by atoms with van der Waals surface area (Å²) in [6, 6.07) is 0. The Hall–Kier alpha value is -1.09. The zero-order valence-electron chi connectivity index (χ0n) is 11.2. The number of amides is 1. The normalized spacial score (nSPS) is 12.2. The molecule has 0 fully saturated rings. The molecule has 0 spiro atoms. The molecule has 0 aliphatic rings. The van der Waals surface area contributed by atoms with Crippen LogP contribution in [0.25, 0.3) is 0 Å². The van der Waals surface area contributed by atoms with Gasteiger partial charge in [-0.25, -0.2) is 0 Å². The van der Waals surface area contributed by atoms with Crippen LogP contribution < -0.4 is 5.73 Å². The molecule has 0 aromatic carbocycles. The first kappa shape index (κ1) is 15.9. The van der Waals surface area contributed by atoms with Crippen molar-refractivity contribution >= 4 is 5.91 Å². The number of carbonyl (C=O) groups is 1. The van der Waals surface area contributed by atoms with E-state index < -0.39 is 0 Å². The summed E-state index contributed by atoms with van der Waals surface area (Å²) in [5.74, 6) is 0.990. The summed E-state index contributed by atoms with van der Waals surface area (Å²) >= 11 is 0. The molecule has 3 heteroatoms. The Labute approximate surface area is 105 Å².